The summed E-state index contributed by atoms with van der Waals surface area (Å²) in [6.07, 6.45) is 0. The first-order valence-electron chi connectivity index (χ1n) is 16.7. The Morgan fingerprint density at radius 1 is 0.469 bits per heavy atom. The van der Waals surface area contributed by atoms with Crippen LogP contribution >= 0.6 is 0 Å². The van der Waals surface area contributed by atoms with Gasteiger partial charge in [-0.3, -0.25) is 0 Å². The van der Waals surface area contributed by atoms with E-state index < -0.39 is 0 Å². The number of ether oxygens (including phenoxy) is 2. The van der Waals surface area contributed by atoms with Gasteiger partial charge in [0.1, 0.15) is 0 Å². The molecule has 0 radical (unpaired) electrons. The van der Waals surface area contributed by atoms with Crippen molar-refractivity contribution in [1.29, 1.82) is 0 Å². The van der Waals surface area contributed by atoms with Gasteiger partial charge in [0.2, 0.25) is 0 Å². The van der Waals surface area contributed by atoms with Gasteiger partial charge in [-0.15, -0.1) is 0 Å². The molecule has 4 nitrogen and oxygen atoms in total. The number of nitrogens with zero attached hydrogens (tertiary/aromatic N) is 2. The van der Waals surface area contributed by atoms with Crippen molar-refractivity contribution in [1.82, 2.24) is 9.97 Å². The molecule has 49 heavy (non-hydrogen) atoms. The highest BCUT2D eigenvalue weighted by Crippen LogP contribution is 2.59. The lowest BCUT2D eigenvalue weighted by atomic mass is 9.82. The van der Waals surface area contributed by atoms with E-state index in [9.17, 15) is 0 Å². The molecule has 0 fully saturated rings. The molecule has 0 N–H and O–H groups in total. The van der Waals surface area contributed by atoms with E-state index in [2.05, 4.69) is 123 Å². The summed E-state index contributed by atoms with van der Waals surface area (Å²) < 4.78 is 13.6. The van der Waals surface area contributed by atoms with Gasteiger partial charge in [0.25, 0.3) is 0 Å². The summed E-state index contributed by atoms with van der Waals surface area (Å²) in [6.45, 7) is 4.55. The number of para-hydroxylation sites is 1. The zero-order valence-electron chi connectivity index (χ0n) is 27.1. The van der Waals surface area contributed by atoms with Crippen LogP contribution in [0.1, 0.15) is 25.0 Å². The van der Waals surface area contributed by atoms with Crippen molar-refractivity contribution in [2.45, 2.75) is 19.3 Å². The largest absolute Gasteiger partial charge is 0.449 e. The Kier molecular flexibility index (Phi) is 5.89. The Labute approximate surface area is 284 Å². The molecule has 2 aliphatic rings. The van der Waals surface area contributed by atoms with Crippen LogP contribution in [-0.4, -0.2) is 9.97 Å². The van der Waals surface area contributed by atoms with Gasteiger partial charge in [-0.2, -0.15) is 0 Å². The summed E-state index contributed by atoms with van der Waals surface area (Å²) in [4.78, 5) is 10.3. The fourth-order valence-electron chi connectivity index (χ4n) is 7.67. The minimum absolute atomic E-state index is 0.150. The Bertz CT molecular complexity index is 2640. The Hall–Kier alpha value is -6.26. The van der Waals surface area contributed by atoms with Crippen LogP contribution in [0.25, 0.3) is 66.6 Å². The summed E-state index contributed by atoms with van der Waals surface area (Å²) in [5, 5.41) is 4.81. The van der Waals surface area contributed by atoms with Crippen molar-refractivity contribution in [3.63, 3.8) is 0 Å². The van der Waals surface area contributed by atoms with Gasteiger partial charge < -0.3 is 9.47 Å². The van der Waals surface area contributed by atoms with Crippen LogP contribution in [-0.2, 0) is 5.41 Å². The van der Waals surface area contributed by atoms with E-state index in [1.54, 1.807) is 0 Å². The monoisotopic (exact) mass is 630 g/mol. The molecular formula is C45H30N2O2. The molecule has 1 aliphatic carbocycles. The molecule has 8 aromatic rings. The van der Waals surface area contributed by atoms with Crippen LogP contribution in [0.15, 0.2) is 146 Å². The first-order valence-corrected chi connectivity index (χ1v) is 16.7. The van der Waals surface area contributed by atoms with Crippen LogP contribution in [0, 0.1) is 0 Å². The number of rotatable bonds is 3. The van der Waals surface area contributed by atoms with E-state index in [0.717, 1.165) is 44.8 Å². The second-order valence-corrected chi connectivity index (χ2v) is 13.4. The van der Waals surface area contributed by atoms with Crippen LogP contribution in [0.4, 0.5) is 0 Å². The summed E-state index contributed by atoms with van der Waals surface area (Å²) in [6, 6.07) is 50.5. The minimum Gasteiger partial charge on any atom is -0.449 e. The lowest BCUT2D eigenvalue weighted by Gasteiger charge is -2.26. The first-order chi connectivity index (χ1) is 24.0. The Morgan fingerprint density at radius 3 is 2.12 bits per heavy atom. The maximum absolute atomic E-state index is 6.96. The molecular weight excluding hydrogens is 601 g/mol. The lowest BCUT2D eigenvalue weighted by Crippen LogP contribution is -2.15. The highest BCUT2D eigenvalue weighted by Gasteiger charge is 2.40. The molecule has 0 saturated carbocycles. The van der Waals surface area contributed by atoms with Crippen molar-refractivity contribution < 1.29 is 9.47 Å². The highest BCUT2D eigenvalue weighted by molar-refractivity contribution is 6.08. The average Bonchev–Trinajstić information content (AvgIpc) is 3.39. The molecule has 232 valence electrons. The molecule has 0 spiro atoms. The van der Waals surface area contributed by atoms with E-state index in [-0.39, 0.29) is 5.41 Å². The second kappa shape index (κ2) is 10.4. The molecule has 0 bridgehead atoms. The summed E-state index contributed by atoms with van der Waals surface area (Å²) in [5.41, 5.74) is 9.06. The number of fused-ring (bicyclic) bond motifs is 9. The average molecular weight is 631 g/mol. The van der Waals surface area contributed by atoms with E-state index in [1.807, 2.05) is 36.4 Å². The van der Waals surface area contributed by atoms with Gasteiger partial charge in [-0.05, 0) is 68.6 Å². The van der Waals surface area contributed by atoms with Crippen molar-refractivity contribution in [2.24, 2.45) is 0 Å². The van der Waals surface area contributed by atoms with Gasteiger partial charge >= 0.3 is 0 Å². The summed E-state index contributed by atoms with van der Waals surface area (Å²) in [7, 11) is 0. The van der Waals surface area contributed by atoms with Gasteiger partial charge in [0.15, 0.2) is 28.8 Å². The third-order valence-corrected chi connectivity index (χ3v) is 10.1. The normalized spacial score (nSPS) is 13.6. The number of benzene rings is 7. The van der Waals surface area contributed by atoms with Crippen molar-refractivity contribution in [3.8, 4) is 68.0 Å². The maximum Gasteiger partial charge on any atom is 0.179 e. The summed E-state index contributed by atoms with van der Waals surface area (Å²) in [5.74, 6) is 3.43. The van der Waals surface area contributed by atoms with E-state index in [4.69, 9.17) is 19.4 Å². The van der Waals surface area contributed by atoms with Crippen LogP contribution in [0.2, 0.25) is 0 Å². The van der Waals surface area contributed by atoms with E-state index >= 15 is 0 Å². The zero-order valence-corrected chi connectivity index (χ0v) is 27.1. The molecule has 4 heteroatoms. The van der Waals surface area contributed by atoms with Crippen LogP contribution in [0.3, 0.4) is 0 Å². The summed E-state index contributed by atoms with van der Waals surface area (Å²) >= 11 is 0. The number of aromatic nitrogens is 2. The van der Waals surface area contributed by atoms with Crippen molar-refractivity contribution >= 4 is 21.5 Å². The third-order valence-electron chi connectivity index (χ3n) is 10.1. The topological polar surface area (TPSA) is 44.2 Å². The van der Waals surface area contributed by atoms with Gasteiger partial charge in [0, 0.05) is 27.7 Å². The quantitative estimate of drug-likeness (QED) is 0.182. The molecule has 10 rings (SSSR count). The van der Waals surface area contributed by atoms with Gasteiger partial charge in [0.05, 0.1) is 11.4 Å². The molecule has 7 aromatic carbocycles. The predicted molar refractivity (Wildman–Crippen MR) is 198 cm³/mol. The fraction of sp³-hybridized carbons (Fsp3) is 0.0667. The van der Waals surface area contributed by atoms with Crippen molar-refractivity contribution in [3.05, 3.63) is 157 Å². The maximum atomic E-state index is 6.96. The van der Waals surface area contributed by atoms with Crippen molar-refractivity contribution in [2.75, 3.05) is 0 Å². The SMILES string of the molecule is CC1(C)c2ccccc2-c2c1ccc1c2Oc2c(cccc2-c2cc(-c3ccccc3)nc(-c3ccc4c(ccc5ccccc54)c3)n2)O1. The lowest BCUT2D eigenvalue weighted by molar-refractivity contribution is 0.361. The first kappa shape index (κ1) is 27.8. The van der Waals surface area contributed by atoms with Gasteiger partial charge in [-0.25, -0.2) is 9.97 Å². The van der Waals surface area contributed by atoms with Gasteiger partial charge in [-0.1, -0.05) is 129 Å². The minimum atomic E-state index is -0.150. The predicted octanol–water partition coefficient (Wildman–Crippen LogP) is 12.0. The Balaban J connectivity index is 1.15. The van der Waals surface area contributed by atoms with E-state index in [0.29, 0.717) is 23.1 Å². The molecule has 2 heterocycles. The highest BCUT2D eigenvalue weighted by atomic mass is 16.6. The third kappa shape index (κ3) is 4.24. The zero-order chi connectivity index (χ0) is 32.7. The molecule has 0 atom stereocenters. The molecule has 1 aromatic heterocycles. The van der Waals surface area contributed by atoms with Crippen LogP contribution in [0.5, 0.6) is 23.0 Å². The van der Waals surface area contributed by atoms with E-state index in [1.165, 1.54) is 32.8 Å². The molecule has 0 amide bonds. The fourth-order valence-corrected chi connectivity index (χ4v) is 7.67. The second-order valence-electron chi connectivity index (χ2n) is 13.4. The smallest absolute Gasteiger partial charge is 0.179 e. The van der Waals surface area contributed by atoms with Crippen LogP contribution < -0.4 is 9.47 Å². The Morgan fingerprint density at radius 2 is 1.20 bits per heavy atom. The molecule has 0 saturated heterocycles. The molecule has 0 unspecified atom stereocenters. The number of hydrogen-bond donors (Lipinski definition) is 0. The number of hydrogen-bond acceptors (Lipinski definition) is 4. The molecule has 1 aliphatic heterocycles. The standard InChI is InChI=1S/C45H30N2O2/c1-45(2)35-17-9-8-15-33(35)41-36(45)23-24-40-43(41)49-42-34(16-10-18-39(42)48-40)38-26-37(28-12-4-3-5-13-28)46-44(47-38)30-21-22-32-29(25-30)20-19-27-11-6-7-14-31(27)32/h3-26H,1-2H3.